The van der Waals surface area contributed by atoms with Crippen molar-refractivity contribution in [2.24, 2.45) is 0 Å². The zero-order valence-electron chi connectivity index (χ0n) is 12.1. The summed E-state index contributed by atoms with van der Waals surface area (Å²) in [6.07, 6.45) is 0. The van der Waals surface area contributed by atoms with Gasteiger partial charge in [0.15, 0.2) is 0 Å². The van der Waals surface area contributed by atoms with E-state index in [2.05, 4.69) is 16.0 Å². The molecule has 22 heavy (non-hydrogen) atoms. The molecule has 0 radical (unpaired) electrons. The molecule has 6 heteroatoms. The van der Waals surface area contributed by atoms with Crippen LogP contribution in [0.1, 0.15) is 0 Å². The average Bonchev–Trinajstić information content (AvgIpc) is 2.93. The van der Waals surface area contributed by atoms with Crippen molar-refractivity contribution in [2.75, 3.05) is 31.5 Å². The molecule has 2 aromatic rings. The largest absolute Gasteiger partial charge is 0.336 e. The van der Waals surface area contributed by atoms with Crippen LogP contribution in [-0.4, -0.2) is 43.1 Å². The van der Waals surface area contributed by atoms with Crippen LogP contribution < -0.4 is 16.0 Å². The van der Waals surface area contributed by atoms with E-state index in [1.54, 1.807) is 4.90 Å². The number of anilines is 1. The zero-order chi connectivity index (χ0) is 15.4. The smallest absolute Gasteiger partial charge is 0.319 e. The standard InChI is InChI=1S/C16H18N4O2/c21-15(17-8-10-20-11-9-18-16(20)22)19-14-7-3-5-12-4-1-2-6-13(12)14/h1-7H,8-11H2,(H,18,22)(H2,17,19,21). The predicted octanol–water partition coefficient (Wildman–Crippen LogP) is 1.99. The molecule has 1 aliphatic heterocycles. The Kier molecular flexibility index (Phi) is 4.09. The first-order chi connectivity index (χ1) is 10.7. The van der Waals surface area contributed by atoms with Gasteiger partial charge in [0, 0.05) is 31.6 Å². The Morgan fingerprint density at radius 1 is 1.18 bits per heavy atom. The summed E-state index contributed by atoms with van der Waals surface area (Å²) in [7, 11) is 0. The third kappa shape index (κ3) is 3.11. The number of benzene rings is 2. The molecule has 1 aliphatic rings. The molecule has 0 atom stereocenters. The SMILES string of the molecule is O=C(NCCN1CCNC1=O)Nc1cccc2ccccc12. The van der Waals surface area contributed by atoms with Crippen molar-refractivity contribution in [3.05, 3.63) is 42.5 Å². The van der Waals surface area contributed by atoms with Crippen molar-refractivity contribution in [1.29, 1.82) is 0 Å². The van der Waals surface area contributed by atoms with E-state index >= 15 is 0 Å². The molecule has 0 unspecified atom stereocenters. The van der Waals surface area contributed by atoms with Crippen molar-refractivity contribution < 1.29 is 9.59 Å². The number of carbonyl (C=O) groups is 2. The van der Waals surface area contributed by atoms with Crippen LogP contribution in [0.15, 0.2) is 42.5 Å². The molecule has 0 spiro atoms. The molecule has 3 rings (SSSR count). The normalized spacial score (nSPS) is 14.0. The summed E-state index contributed by atoms with van der Waals surface area (Å²) in [5.41, 5.74) is 0.773. The third-order valence-corrected chi connectivity index (χ3v) is 3.65. The van der Waals surface area contributed by atoms with Crippen LogP contribution in [0, 0.1) is 0 Å². The van der Waals surface area contributed by atoms with Gasteiger partial charge in [-0.3, -0.25) is 0 Å². The minimum absolute atomic E-state index is 0.0729. The van der Waals surface area contributed by atoms with Crippen molar-refractivity contribution in [3.8, 4) is 0 Å². The maximum Gasteiger partial charge on any atom is 0.319 e. The quantitative estimate of drug-likeness (QED) is 0.807. The number of rotatable bonds is 4. The summed E-state index contributed by atoms with van der Waals surface area (Å²) in [4.78, 5) is 25.0. The molecule has 2 aromatic carbocycles. The van der Waals surface area contributed by atoms with Gasteiger partial charge < -0.3 is 20.9 Å². The molecular weight excluding hydrogens is 280 g/mol. The highest BCUT2D eigenvalue weighted by Crippen LogP contribution is 2.22. The van der Waals surface area contributed by atoms with Gasteiger partial charge in [-0.2, -0.15) is 0 Å². The van der Waals surface area contributed by atoms with Crippen LogP contribution in [0.2, 0.25) is 0 Å². The van der Waals surface area contributed by atoms with Crippen molar-refractivity contribution in [1.82, 2.24) is 15.5 Å². The lowest BCUT2D eigenvalue weighted by molar-refractivity contribution is 0.216. The number of nitrogens with zero attached hydrogens (tertiary/aromatic N) is 1. The maximum atomic E-state index is 12.0. The van der Waals surface area contributed by atoms with Crippen molar-refractivity contribution in [2.45, 2.75) is 0 Å². The first-order valence-electron chi connectivity index (χ1n) is 7.29. The van der Waals surface area contributed by atoms with Crippen molar-refractivity contribution in [3.63, 3.8) is 0 Å². The Morgan fingerprint density at radius 3 is 2.82 bits per heavy atom. The Hall–Kier alpha value is -2.76. The second-order valence-corrected chi connectivity index (χ2v) is 5.13. The molecule has 0 aliphatic carbocycles. The number of carbonyl (C=O) groups excluding carboxylic acids is 2. The van der Waals surface area contributed by atoms with Gasteiger partial charge in [-0.05, 0) is 11.5 Å². The molecule has 1 heterocycles. The number of hydrogen-bond donors (Lipinski definition) is 3. The minimum Gasteiger partial charge on any atom is -0.336 e. The van der Waals surface area contributed by atoms with E-state index in [4.69, 9.17) is 0 Å². The first kappa shape index (κ1) is 14.2. The molecule has 6 nitrogen and oxygen atoms in total. The Balaban J connectivity index is 1.56. The van der Waals surface area contributed by atoms with E-state index < -0.39 is 0 Å². The molecular formula is C16H18N4O2. The van der Waals surface area contributed by atoms with Gasteiger partial charge in [0.05, 0.1) is 5.69 Å². The highest BCUT2D eigenvalue weighted by atomic mass is 16.2. The van der Waals surface area contributed by atoms with E-state index in [9.17, 15) is 9.59 Å². The highest BCUT2D eigenvalue weighted by Gasteiger charge is 2.18. The van der Waals surface area contributed by atoms with E-state index in [1.165, 1.54) is 0 Å². The predicted molar refractivity (Wildman–Crippen MR) is 85.9 cm³/mol. The topological polar surface area (TPSA) is 73.5 Å². The highest BCUT2D eigenvalue weighted by molar-refractivity contribution is 6.01. The summed E-state index contributed by atoms with van der Waals surface area (Å²) in [6, 6.07) is 13.3. The zero-order valence-corrected chi connectivity index (χ0v) is 12.1. The first-order valence-corrected chi connectivity index (χ1v) is 7.29. The Bertz CT molecular complexity index is 696. The number of amides is 4. The Morgan fingerprint density at radius 2 is 2.00 bits per heavy atom. The number of nitrogens with one attached hydrogen (secondary N) is 3. The van der Waals surface area contributed by atoms with Crippen LogP contribution in [0.25, 0.3) is 10.8 Å². The van der Waals surface area contributed by atoms with Crippen LogP contribution >= 0.6 is 0 Å². The van der Waals surface area contributed by atoms with E-state index in [1.807, 2.05) is 42.5 Å². The molecule has 1 fully saturated rings. The summed E-state index contributed by atoms with van der Waals surface area (Å²) >= 11 is 0. The number of hydrogen-bond acceptors (Lipinski definition) is 2. The van der Waals surface area contributed by atoms with Gasteiger partial charge in [0.1, 0.15) is 0 Å². The summed E-state index contributed by atoms with van der Waals surface area (Å²) in [6.45, 7) is 2.28. The molecule has 4 amide bonds. The number of fused-ring (bicyclic) bond motifs is 1. The lowest BCUT2D eigenvalue weighted by atomic mass is 10.1. The summed E-state index contributed by atoms with van der Waals surface area (Å²) in [5.74, 6) is 0. The van der Waals surface area contributed by atoms with Gasteiger partial charge in [-0.15, -0.1) is 0 Å². The second-order valence-electron chi connectivity index (χ2n) is 5.13. The lowest BCUT2D eigenvalue weighted by Gasteiger charge is -2.15. The minimum atomic E-state index is -0.268. The maximum absolute atomic E-state index is 12.0. The fourth-order valence-electron chi connectivity index (χ4n) is 2.53. The van der Waals surface area contributed by atoms with Gasteiger partial charge in [0.2, 0.25) is 0 Å². The Labute approximate surface area is 128 Å². The molecule has 0 aromatic heterocycles. The summed E-state index contributed by atoms with van der Waals surface area (Å²) < 4.78 is 0. The van der Waals surface area contributed by atoms with Gasteiger partial charge in [-0.1, -0.05) is 36.4 Å². The second kappa shape index (κ2) is 6.34. The van der Waals surface area contributed by atoms with Crippen molar-refractivity contribution >= 4 is 28.5 Å². The van der Waals surface area contributed by atoms with Crippen LogP contribution in [-0.2, 0) is 0 Å². The van der Waals surface area contributed by atoms with Gasteiger partial charge >= 0.3 is 12.1 Å². The van der Waals surface area contributed by atoms with Crippen LogP contribution in [0.4, 0.5) is 15.3 Å². The van der Waals surface area contributed by atoms with E-state index in [0.717, 1.165) is 16.5 Å². The fourth-order valence-corrected chi connectivity index (χ4v) is 2.53. The average molecular weight is 298 g/mol. The summed E-state index contributed by atoms with van der Waals surface area (Å²) in [5, 5.41) is 10.4. The van der Waals surface area contributed by atoms with Gasteiger partial charge in [-0.25, -0.2) is 9.59 Å². The van der Waals surface area contributed by atoms with Gasteiger partial charge in [0.25, 0.3) is 0 Å². The van der Waals surface area contributed by atoms with E-state index in [0.29, 0.717) is 26.2 Å². The van der Waals surface area contributed by atoms with E-state index in [-0.39, 0.29) is 12.1 Å². The van der Waals surface area contributed by atoms with Crippen LogP contribution in [0.3, 0.4) is 0 Å². The lowest BCUT2D eigenvalue weighted by Crippen LogP contribution is -2.38. The fraction of sp³-hybridized carbons (Fsp3) is 0.250. The molecule has 0 bridgehead atoms. The molecule has 0 saturated carbocycles. The molecule has 3 N–H and O–H groups in total. The molecule has 1 saturated heterocycles. The monoisotopic (exact) mass is 298 g/mol. The third-order valence-electron chi connectivity index (χ3n) is 3.65. The number of urea groups is 2. The van der Waals surface area contributed by atoms with Crippen LogP contribution in [0.5, 0.6) is 0 Å². The molecule has 114 valence electrons.